The molecule has 3 fully saturated rings. The molecule has 5 rings (SSSR count). The van der Waals surface area contributed by atoms with Crippen molar-refractivity contribution in [3.8, 4) is 0 Å². The van der Waals surface area contributed by atoms with E-state index in [9.17, 15) is 8.42 Å². The molecule has 1 aliphatic heterocycles. The SMILES string of the molecule is CN(C1CN(c2ccc3nnc(C4CCC4)n3n2)C1)S(=O)(=O)C1CCCCC1. The van der Waals surface area contributed by atoms with Gasteiger partial charge in [-0.2, -0.15) is 8.82 Å². The minimum atomic E-state index is -3.21. The Morgan fingerprint density at radius 2 is 1.75 bits per heavy atom. The molecule has 9 heteroatoms. The molecule has 0 aromatic carbocycles. The first-order valence-corrected chi connectivity index (χ1v) is 12.0. The van der Waals surface area contributed by atoms with Crippen molar-refractivity contribution in [3.63, 3.8) is 0 Å². The third-order valence-electron chi connectivity index (χ3n) is 6.82. The summed E-state index contributed by atoms with van der Waals surface area (Å²) in [5, 5.41) is 13.1. The van der Waals surface area contributed by atoms with Crippen molar-refractivity contribution in [2.24, 2.45) is 0 Å². The molecule has 0 radical (unpaired) electrons. The first-order valence-electron chi connectivity index (χ1n) is 10.5. The highest BCUT2D eigenvalue weighted by atomic mass is 32.2. The van der Waals surface area contributed by atoms with Crippen molar-refractivity contribution < 1.29 is 8.42 Å². The number of hydrogen-bond donors (Lipinski definition) is 0. The van der Waals surface area contributed by atoms with Crippen LogP contribution in [-0.4, -0.2) is 64.0 Å². The standard InChI is InChI=1S/C19H28N6O2S/c1-23(28(26,27)16-8-3-2-4-9-16)15-12-24(13-15)18-11-10-17-20-21-19(25(17)22-18)14-6-5-7-14/h10-11,14-16H,2-9,12-13H2,1H3. The van der Waals surface area contributed by atoms with Crippen LogP contribution in [-0.2, 0) is 10.0 Å². The molecule has 0 atom stereocenters. The highest BCUT2D eigenvalue weighted by Crippen LogP contribution is 2.35. The Morgan fingerprint density at radius 3 is 2.43 bits per heavy atom. The average Bonchev–Trinajstić information content (AvgIpc) is 3.03. The van der Waals surface area contributed by atoms with E-state index in [0.717, 1.165) is 62.2 Å². The number of rotatable bonds is 5. The van der Waals surface area contributed by atoms with Crippen LogP contribution in [0.2, 0.25) is 0 Å². The van der Waals surface area contributed by atoms with Crippen molar-refractivity contribution in [1.82, 2.24) is 24.1 Å². The smallest absolute Gasteiger partial charge is 0.217 e. The molecular formula is C19H28N6O2S. The van der Waals surface area contributed by atoms with Gasteiger partial charge in [0, 0.05) is 26.1 Å². The van der Waals surface area contributed by atoms with E-state index in [2.05, 4.69) is 15.1 Å². The summed E-state index contributed by atoms with van der Waals surface area (Å²) >= 11 is 0. The van der Waals surface area contributed by atoms with E-state index in [4.69, 9.17) is 5.10 Å². The zero-order valence-electron chi connectivity index (χ0n) is 16.4. The Labute approximate surface area is 166 Å². The van der Waals surface area contributed by atoms with Gasteiger partial charge in [-0.15, -0.1) is 15.3 Å². The second kappa shape index (κ2) is 6.95. The Balaban J connectivity index is 1.28. The van der Waals surface area contributed by atoms with E-state index in [0.29, 0.717) is 19.0 Å². The predicted molar refractivity (Wildman–Crippen MR) is 107 cm³/mol. The van der Waals surface area contributed by atoms with Gasteiger partial charge in [0.05, 0.1) is 11.3 Å². The van der Waals surface area contributed by atoms with Crippen molar-refractivity contribution in [2.45, 2.75) is 68.6 Å². The van der Waals surface area contributed by atoms with Gasteiger partial charge >= 0.3 is 0 Å². The first kappa shape index (κ1) is 18.3. The number of hydrogen-bond acceptors (Lipinski definition) is 6. The fraction of sp³-hybridized carbons (Fsp3) is 0.737. The number of likely N-dealkylation sites (N-methyl/N-ethyl adjacent to an activating group) is 1. The molecular weight excluding hydrogens is 376 g/mol. The van der Waals surface area contributed by atoms with Gasteiger partial charge < -0.3 is 4.90 Å². The van der Waals surface area contributed by atoms with Gasteiger partial charge in [0.25, 0.3) is 0 Å². The molecule has 0 bridgehead atoms. The summed E-state index contributed by atoms with van der Waals surface area (Å²) in [6.07, 6.45) is 8.38. The third kappa shape index (κ3) is 2.99. The van der Waals surface area contributed by atoms with Crippen LogP contribution in [0.5, 0.6) is 0 Å². The van der Waals surface area contributed by atoms with Gasteiger partial charge in [0.15, 0.2) is 11.5 Å². The van der Waals surface area contributed by atoms with Crippen molar-refractivity contribution >= 4 is 21.5 Å². The summed E-state index contributed by atoms with van der Waals surface area (Å²) in [4.78, 5) is 2.14. The van der Waals surface area contributed by atoms with E-state index in [-0.39, 0.29) is 11.3 Å². The van der Waals surface area contributed by atoms with Gasteiger partial charge in [-0.1, -0.05) is 25.7 Å². The Bertz CT molecular complexity index is 958. The van der Waals surface area contributed by atoms with Crippen LogP contribution in [0.15, 0.2) is 12.1 Å². The molecule has 0 spiro atoms. The highest BCUT2D eigenvalue weighted by Gasteiger charge is 2.40. The Hall–Kier alpha value is -1.74. The largest absolute Gasteiger partial charge is 0.352 e. The maximum absolute atomic E-state index is 12.9. The van der Waals surface area contributed by atoms with Gasteiger partial charge in [-0.05, 0) is 37.8 Å². The maximum atomic E-state index is 12.9. The second-order valence-corrected chi connectivity index (χ2v) is 10.8. The summed E-state index contributed by atoms with van der Waals surface area (Å²) in [5.74, 6) is 2.29. The summed E-state index contributed by atoms with van der Waals surface area (Å²) in [5.41, 5.74) is 0.778. The molecule has 2 aliphatic carbocycles. The molecule has 2 saturated carbocycles. The van der Waals surface area contributed by atoms with Crippen LogP contribution in [0.1, 0.15) is 63.1 Å². The second-order valence-electron chi connectivity index (χ2n) is 8.53. The van der Waals surface area contributed by atoms with Gasteiger partial charge in [0.2, 0.25) is 10.0 Å². The molecule has 8 nitrogen and oxygen atoms in total. The summed E-state index contributed by atoms with van der Waals surface area (Å²) in [6, 6.07) is 3.93. The highest BCUT2D eigenvalue weighted by molar-refractivity contribution is 7.89. The molecule has 152 valence electrons. The normalized spacial score (nSPS) is 22.6. The lowest BCUT2D eigenvalue weighted by atomic mass is 9.85. The lowest BCUT2D eigenvalue weighted by Crippen LogP contribution is -2.61. The number of nitrogens with zero attached hydrogens (tertiary/aromatic N) is 6. The average molecular weight is 405 g/mol. The third-order valence-corrected chi connectivity index (χ3v) is 9.23. The van der Waals surface area contributed by atoms with Gasteiger partial charge in [0.1, 0.15) is 5.82 Å². The quantitative estimate of drug-likeness (QED) is 0.759. The van der Waals surface area contributed by atoms with E-state index in [1.807, 2.05) is 16.6 Å². The lowest BCUT2D eigenvalue weighted by molar-refractivity contribution is 0.301. The van der Waals surface area contributed by atoms with E-state index in [1.165, 1.54) is 6.42 Å². The minimum Gasteiger partial charge on any atom is -0.352 e. The topological polar surface area (TPSA) is 83.7 Å². The van der Waals surface area contributed by atoms with Crippen LogP contribution < -0.4 is 4.90 Å². The molecule has 3 heterocycles. The molecule has 2 aromatic rings. The fourth-order valence-electron chi connectivity index (χ4n) is 4.56. The van der Waals surface area contributed by atoms with E-state index >= 15 is 0 Å². The lowest BCUT2D eigenvalue weighted by Gasteiger charge is -2.45. The van der Waals surface area contributed by atoms with Crippen molar-refractivity contribution in [1.29, 1.82) is 0 Å². The van der Waals surface area contributed by atoms with E-state index in [1.54, 1.807) is 11.4 Å². The number of sulfonamides is 1. The van der Waals surface area contributed by atoms with Crippen LogP contribution in [0.25, 0.3) is 5.65 Å². The van der Waals surface area contributed by atoms with Crippen LogP contribution in [0.3, 0.4) is 0 Å². The molecule has 2 aromatic heterocycles. The molecule has 3 aliphatic rings. The van der Waals surface area contributed by atoms with Crippen molar-refractivity contribution in [3.05, 3.63) is 18.0 Å². The zero-order valence-corrected chi connectivity index (χ0v) is 17.2. The number of aromatic nitrogens is 4. The monoisotopic (exact) mass is 404 g/mol. The predicted octanol–water partition coefficient (Wildman–Crippen LogP) is 2.17. The molecule has 0 N–H and O–H groups in total. The fourth-order valence-corrected chi connectivity index (χ4v) is 6.51. The minimum absolute atomic E-state index is 0.0245. The summed E-state index contributed by atoms with van der Waals surface area (Å²) in [6.45, 7) is 1.36. The van der Waals surface area contributed by atoms with Crippen molar-refractivity contribution in [2.75, 3.05) is 25.0 Å². The first-order chi connectivity index (χ1) is 13.5. The zero-order chi connectivity index (χ0) is 19.3. The summed E-state index contributed by atoms with van der Waals surface area (Å²) in [7, 11) is -1.46. The molecule has 0 unspecified atom stereocenters. The Kier molecular flexibility index (Phi) is 4.54. The number of anilines is 1. The number of fused-ring (bicyclic) bond motifs is 1. The molecule has 1 saturated heterocycles. The van der Waals surface area contributed by atoms with E-state index < -0.39 is 10.0 Å². The van der Waals surface area contributed by atoms with Crippen LogP contribution in [0, 0.1) is 0 Å². The Morgan fingerprint density at radius 1 is 1.00 bits per heavy atom. The summed E-state index contributed by atoms with van der Waals surface area (Å²) < 4.78 is 29.4. The molecule has 28 heavy (non-hydrogen) atoms. The maximum Gasteiger partial charge on any atom is 0.217 e. The molecule has 0 amide bonds. The van der Waals surface area contributed by atoms with Gasteiger partial charge in [-0.25, -0.2) is 8.42 Å². The van der Waals surface area contributed by atoms with Crippen LogP contribution in [0.4, 0.5) is 5.82 Å². The van der Waals surface area contributed by atoms with Gasteiger partial charge in [-0.3, -0.25) is 0 Å². The van der Waals surface area contributed by atoms with Crippen LogP contribution >= 0.6 is 0 Å².